The lowest BCUT2D eigenvalue weighted by molar-refractivity contribution is 0.199. The summed E-state index contributed by atoms with van der Waals surface area (Å²) in [6.45, 7) is 5.16. The van der Waals surface area contributed by atoms with Gasteiger partial charge in [-0.2, -0.15) is 5.10 Å². The molecule has 1 heterocycles. The maximum atomic E-state index is 5.25. The zero-order chi connectivity index (χ0) is 15.1. The molecule has 0 aliphatic heterocycles. The minimum atomic E-state index is 0.719. The van der Waals surface area contributed by atoms with Crippen LogP contribution in [-0.2, 0) is 17.8 Å². The highest BCUT2D eigenvalue weighted by Crippen LogP contribution is 2.14. The van der Waals surface area contributed by atoms with Crippen LogP contribution in [0.3, 0.4) is 0 Å². The highest BCUT2D eigenvalue weighted by atomic mass is 16.5. The third-order valence-electron chi connectivity index (χ3n) is 3.33. The van der Waals surface area contributed by atoms with Crippen LogP contribution in [0.5, 0.6) is 5.75 Å². The number of nitrogens with one attached hydrogen (secondary N) is 1. The van der Waals surface area contributed by atoms with Crippen molar-refractivity contribution in [2.75, 3.05) is 27.4 Å². The van der Waals surface area contributed by atoms with Gasteiger partial charge in [-0.25, -0.2) is 0 Å². The molecule has 0 unspecified atom stereocenters. The van der Waals surface area contributed by atoms with Crippen LogP contribution in [0.2, 0.25) is 0 Å². The zero-order valence-corrected chi connectivity index (χ0v) is 12.9. The standard InChI is InChI=1S/C16H23N3O2/c1-13-15(10-17-7-8-20-2)12-19(18-13)11-14-5-4-6-16(9-14)21-3/h4-6,9,12,17H,7-8,10-11H2,1-3H3. The third-order valence-corrected chi connectivity index (χ3v) is 3.33. The highest BCUT2D eigenvalue weighted by Gasteiger charge is 2.05. The van der Waals surface area contributed by atoms with E-state index in [2.05, 4.69) is 22.7 Å². The summed E-state index contributed by atoms with van der Waals surface area (Å²) in [7, 11) is 3.39. The van der Waals surface area contributed by atoms with Crippen LogP contribution in [0.4, 0.5) is 0 Å². The molecule has 0 atom stereocenters. The second-order valence-electron chi connectivity index (χ2n) is 4.96. The van der Waals surface area contributed by atoms with Crippen LogP contribution in [0, 0.1) is 6.92 Å². The number of rotatable bonds is 8. The summed E-state index contributed by atoms with van der Waals surface area (Å²) in [5.74, 6) is 0.873. The van der Waals surface area contributed by atoms with Gasteiger partial charge in [-0.1, -0.05) is 12.1 Å². The molecule has 0 saturated heterocycles. The molecule has 0 aliphatic carbocycles. The van der Waals surface area contributed by atoms with Crippen molar-refractivity contribution < 1.29 is 9.47 Å². The first-order valence-electron chi connectivity index (χ1n) is 7.08. The maximum Gasteiger partial charge on any atom is 0.119 e. The van der Waals surface area contributed by atoms with Gasteiger partial charge in [-0.05, 0) is 24.6 Å². The van der Waals surface area contributed by atoms with E-state index in [1.54, 1.807) is 14.2 Å². The largest absolute Gasteiger partial charge is 0.497 e. The molecule has 5 heteroatoms. The van der Waals surface area contributed by atoms with Crippen molar-refractivity contribution in [3.63, 3.8) is 0 Å². The fourth-order valence-corrected chi connectivity index (χ4v) is 2.17. The van der Waals surface area contributed by atoms with Crippen molar-refractivity contribution in [2.45, 2.75) is 20.0 Å². The fourth-order valence-electron chi connectivity index (χ4n) is 2.17. The SMILES string of the molecule is COCCNCc1cn(Cc2cccc(OC)c2)nc1C. The molecule has 1 aromatic carbocycles. The van der Waals surface area contributed by atoms with Gasteiger partial charge >= 0.3 is 0 Å². The number of nitrogens with zero attached hydrogens (tertiary/aromatic N) is 2. The first-order chi connectivity index (χ1) is 10.2. The molecular formula is C16H23N3O2. The van der Waals surface area contributed by atoms with Crippen LogP contribution in [-0.4, -0.2) is 37.2 Å². The Morgan fingerprint density at radius 2 is 2.14 bits per heavy atom. The molecule has 2 aromatic rings. The van der Waals surface area contributed by atoms with E-state index in [9.17, 15) is 0 Å². The van der Waals surface area contributed by atoms with E-state index in [1.165, 1.54) is 11.1 Å². The zero-order valence-electron chi connectivity index (χ0n) is 12.9. The van der Waals surface area contributed by atoms with E-state index in [-0.39, 0.29) is 0 Å². The molecule has 2 rings (SSSR count). The molecule has 0 spiro atoms. The Balaban J connectivity index is 1.97. The van der Waals surface area contributed by atoms with E-state index in [0.29, 0.717) is 0 Å². The van der Waals surface area contributed by atoms with Gasteiger partial charge < -0.3 is 14.8 Å². The second kappa shape index (κ2) is 7.81. The predicted molar refractivity (Wildman–Crippen MR) is 82.6 cm³/mol. The summed E-state index contributed by atoms with van der Waals surface area (Å²) in [6.07, 6.45) is 2.09. The number of aromatic nitrogens is 2. The van der Waals surface area contributed by atoms with Crippen molar-refractivity contribution >= 4 is 0 Å². The molecule has 1 N–H and O–H groups in total. The van der Waals surface area contributed by atoms with Crippen molar-refractivity contribution in [3.05, 3.63) is 47.3 Å². The molecular weight excluding hydrogens is 266 g/mol. The molecule has 1 aromatic heterocycles. The number of hydrogen-bond acceptors (Lipinski definition) is 4. The Hall–Kier alpha value is -1.85. The smallest absolute Gasteiger partial charge is 0.119 e. The maximum absolute atomic E-state index is 5.25. The first kappa shape index (κ1) is 15.5. The Kier molecular flexibility index (Phi) is 5.78. The van der Waals surface area contributed by atoms with Gasteiger partial charge in [0.25, 0.3) is 0 Å². The first-order valence-corrected chi connectivity index (χ1v) is 7.08. The molecule has 0 bridgehead atoms. The van der Waals surface area contributed by atoms with Gasteiger partial charge in [-0.3, -0.25) is 4.68 Å². The quantitative estimate of drug-likeness (QED) is 0.755. The van der Waals surface area contributed by atoms with Crippen LogP contribution in [0.25, 0.3) is 0 Å². The van der Waals surface area contributed by atoms with Crippen molar-refractivity contribution in [1.82, 2.24) is 15.1 Å². The molecule has 0 saturated carbocycles. The Morgan fingerprint density at radius 1 is 1.29 bits per heavy atom. The normalized spacial score (nSPS) is 10.8. The highest BCUT2D eigenvalue weighted by molar-refractivity contribution is 5.28. The van der Waals surface area contributed by atoms with Gasteiger partial charge in [0.05, 0.1) is 26.0 Å². The van der Waals surface area contributed by atoms with Gasteiger partial charge in [-0.15, -0.1) is 0 Å². The number of aryl methyl sites for hydroxylation is 1. The average molecular weight is 289 g/mol. The summed E-state index contributed by atoms with van der Waals surface area (Å²) in [5.41, 5.74) is 3.45. The van der Waals surface area contributed by atoms with E-state index >= 15 is 0 Å². The number of hydrogen-bond donors (Lipinski definition) is 1. The Bertz CT molecular complexity index is 566. The number of methoxy groups -OCH3 is 2. The number of benzene rings is 1. The Morgan fingerprint density at radius 3 is 2.90 bits per heavy atom. The van der Waals surface area contributed by atoms with Crippen LogP contribution in [0.15, 0.2) is 30.5 Å². The minimum absolute atomic E-state index is 0.719. The molecule has 114 valence electrons. The van der Waals surface area contributed by atoms with Crippen molar-refractivity contribution in [1.29, 1.82) is 0 Å². The van der Waals surface area contributed by atoms with Gasteiger partial charge in [0.2, 0.25) is 0 Å². The van der Waals surface area contributed by atoms with Crippen LogP contribution < -0.4 is 10.1 Å². The van der Waals surface area contributed by atoms with Crippen LogP contribution in [0.1, 0.15) is 16.8 Å². The monoisotopic (exact) mass is 289 g/mol. The summed E-state index contributed by atoms with van der Waals surface area (Å²) < 4.78 is 12.2. The summed E-state index contributed by atoms with van der Waals surface area (Å²) in [6, 6.07) is 8.06. The lowest BCUT2D eigenvalue weighted by Gasteiger charge is -2.04. The predicted octanol–water partition coefficient (Wildman–Crippen LogP) is 1.98. The molecule has 5 nitrogen and oxygen atoms in total. The Labute approximate surface area is 125 Å². The molecule has 0 radical (unpaired) electrons. The molecule has 0 aliphatic rings. The lowest BCUT2D eigenvalue weighted by Crippen LogP contribution is -2.18. The van der Waals surface area contributed by atoms with Crippen LogP contribution >= 0.6 is 0 Å². The van der Waals surface area contributed by atoms with Gasteiger partial charge in [0, 0.05) is 32.0 Å². The molecule has 21 heavy (non-hydrogen) atoms. The summed E-state index contributed by atoms with van der Waals surface area (Å²) >= 11 is 0. The van der Waals surface area contributed by atoms with E-state index in [4.69, 9.17) is 9.47 Å². The number of ether oxygens (including phenoxy) is 2. The van der Waals surface area contributed by atoms with E-state index in [1.807, 2.05) is 29.8 Å². The third kappa shape index (κ3) is 4.58. The summed E-state index contributed by atoms with van der Waals surface area (Å²) in [4.78, 5) is 0. The molecule has 0 fully saturated rings. The van der Waals surface area contributed by atoms with Crippen molar-refractivity contribution in [2.24, 2.45) is 0 Å². The topological polar surface area (TPSA) is 48.3 Å². The lowest BCUT2D eigenvalue weighted by atomic mass is 10.2. The van der Waals surface area contributed by atoms with E-state index < -0.39 is 0 Å². The second-order valence-corrected chi connectivity index (χ2v) is 4.96. The summed E-state index contributed by atoms with van der Waals surface area (Å²) in [5, 5.41) is 7.91. The van der Waals surface area contributed by atoms with E-state index in [0.717, 1.165) is 37.7 Å². The molecule has 0 amide bonds. The van der Waals surface area contributed by atoms with Gasteiger partial charge in [0.15, 0.2) is 0 Å². The average Bonchev–Trinajstić information content (AvgIpc) is 2.83. The minimum Gasteiger partial charge on any atom is -0.497 e. The van der Waals surface area contributed by atoms with Crippen molar-refractivity contribution in [3.8, 4) is 5.75 Å². The van der Waals surface area contributed by atoms with Gasteiger partial charge in [0.1, 0.15) is 5.75 Å². The fraction of sp³-hybridized carbons (Fsp3) is 0.438.